The average Bonchev–Trinajstić information content (AvgIpc) is 2.63. The van der Waals surface area contributed by atoms with E-state index in [0.29, 0.717) is 11.3 Å². The zero-order valence-electron chi connectivity index (χ0n) is 13.4. The number of aromatic hydroxyl groups is 1. The number of nitrogens with zero attached hydrogens (tertiary/aromatic N) is 2. The number of para-hydroxylation sites is 2. The van der Waals surface area contributed by atoms with Gasteiger partial charge in [0.05, 0.1) is 31.7 Å². The molecule has 1 aliphatic rings. The third-order valence-corrected chi connectivity index (χ3v) is 4.32. The molecule has 1 N–H and O–H groups in total. The fourth-order valence-electron chi connectivity index (χ4n) is 2.63. The number of rotatable bonds is 4. The second kappa shape index (κ2) is 7.68. The van der Waals surface area contributed by atoms with Gasteiger partial charge in [0.15, 0.2) is 11.5 Å². The molecule has 1 saturated heterocycles. The third-order valence-electron chi connectivity index (χ3n) is 3.87. The summed E-state index contributed by atoms with van der Waals surface area (Å²) in [4.78, 5) is 6.85. The van der Waals surface area contributed by atoms with Crippen LogP contribution in [0.4, 0.5) is 11.4 Å². The quantitative estimate of drug-likeness (QED) is 0.807. The maximum atomic E-state index is 10.2. The van der Waals surface area contributed by atoms with E-state index >= 15 is 0 Å². The number of phenols is 1. The van der Waals surface area contributed by atoms with Crippen LogP contribution in [0.25, 0.3) is 0 Å². The predicted molar refractivity (Wildman–Crippen MR) is 99.1 cm³/mol. The highest BCUT2D eigenvalue weighted by molar-refractivity contribution is 9.10. The second-order valence-corrected chi connectivity index (χ2v) is 6.31. The Bertz CT molecular complexity index is 743. The van der Waals surface area contributed by atoms with Crippen LogP contribution in [0, 0.1) is 0 Å². The monoisotopic (exact) mass is 390 g/mol. The van der Waals surface area contributed by atoms with Gasteiger partial charge in [0.25, 0.3) is 0 Å². The fraction of sp³-hybridized carbons (Fsp3) is 0.278. The van der Waals surface area contributed by atoms with Crippen molar-refractivity contribution in [3.05, 3.63) is 46.4 Å². The molecule has 1 fully saturated rings. The van der Waals surface area contributed by atoms with Crippen LogP contribution in [0.15, 0.2) is 45.9 Å². The Morgan fingerprint density at radius 2 is 2.00 bits per heavy atom. The third kappa shape index (κ3) is 3.71. The van der Waals surface area contributed by atoms with Crippen LogP contribution in [0.2, 0.25) is 0 Å². The van der Waals surface area contributed by atoms with E-state index in [2.05, 4.69) is 31.9 Å². The van der Waals surface area contributed by atoms with Crippen molar-refractivity contribution in [2.24, 2.45) is 4.99 Å². The molecular formula is C18H19BrN2O3. The molecular weight excluding hydrogens is 372 g/mol. The summed E-state index contributed by atoms with van der Waals surface area (Å²) >= 11 is 3.42. The number of hydrogen-bond acceptors (Lipinski definition) is 5. The molecule has 0 amide bonds. The highest BCUT2D eigenvalue weighted by Crippen LogP contribution is 2.34. The van der Waals surface area contributed by atoms with Crippen LogP contribution >= 0.6 is 15.9 Å². The molecule has 0 atom stereocenters. The van der Waals surface area contributed by atoms with Gasteiger partial charge in [-0.15, -0.1) is 0 Å². The van der Waals surface area contributed by atoms with Crippen molar-refractivity contribution in [3.63, 3.8) is 0 Å². The highest BCUT2D eigenvalue weighted by atomic mass is 79.9. The molecule has 1 aliphatic heterocycles. The smallest absolute Gasteiger partial charge is 0.166 e. The standard InChI is InChI=1S/C18H19BrN2O3/c1-23-17-11-14(19)10-13(18(17)22)12-20-15-4-2-3-5-16(15)21-6-8-24-9-7-21/h2-5,10-12,22H,6-9H2,1H3. The second-order valence-electron chi connectivity index (χ2n) is 5.39. The summed E-state index contributed by atoms with van der Waals surface area (Å²) < 4.78 is 11.4. The molecule has 5 nitrogen and oxygen atoms in total. The SMILES string of the molecule is COc1cc(Br)cc(C=Nc2ccccc2N2CCOCC2)c1O. The molecule has 0 bridgehead atoms. The fourth-order valence-corrected chi connectivity index (χ4v) is 3.09. The number of benzene rings is 2. The molecule has 0 aliphatic carbocycles. The van der Waals surface area contributed by atoms with Crippen LogP contribution in [-0.2, 0) is 4.74 Å². The van der Waals surface area contributed by atoms with Crippen molar-refractivity contribution in [3.8, 4) is 11.5 Å². The van der Waals surface area contributed by atoms with Gasteiger partial charge in [-0.25, -0.2) is 0 Å². The normalized spacial score (nSPS) is 15.0. The van der Waals surface area contributed by atoms with Crippen molar-refractivity contribution >= 4 is 33.5 Å². The Morgan fingerprint density at radius 3 is 2.75 bits per heavy atom. The number of anilines is 1. The number of hydrogen-bond donors (Lipinski definition) is 1. The first-order chi connectivity index (χ1) is 11.7. The van der Waals surface area contributed by atoms with Crippen LogP contribution in [0.5, 0.6) is 11.5 Å². The molecule has 1 heterocycles. The van der Waals surface area contributed by atoms with Crippen molar-refractivity contribution in [1.29, 1.82) is 0 Å². The number of ether oxygens (including phenoxy) is 2. The van der Waals surface area contributed by atoms with Crippen LogP contribution in [0.3, 0.4) is 0 Å². The van der Waals surface area contributed by atoms with Crippen molar-refractivity contribution < 1.29 is 14.6 Å². The molecule has 24 heavy (non-hydrogen) atoms. The van der Waals surface area contributed by atoms with Gasteiger partial charge in [-0.3, -0.25) is 4.99 Å². The summed E-state index contributed by atoms with van der Waals surface area (Å²) in [6, 6.07) is 11.5. The Kier molecular flexibility index (Phi) is 5.37. The summed E-state index contributed by atoms with van der Waals surface area (Å²) in [7, 11) is 1.52. The van der Waals surface area contributed by atoms with Crippen molar-refractivity contribution in [2.45, 2.75) is 0 Å². The molecule has 0 aromatic heterocycles. The first kappa shape index (κ1) is 16.8. The number of aliphatic imine (C=N–C) groups is 1. The lowest BCUT2D eigenvalue weighted by Crippen LogP contribution is -2.36. The summed E-state index contributed by atoms with van der Waals surface area (Å²) in [6.07, 6.45) is 1.65. The molecule has 2 aromatic rings. The van der Waals surface area contributed by atoms with Crippen LogP contribution in [-0.4, -0.2) is 44.7 Å². The van der Waals surface area contributed by atoms with E-state index in [1.165, 1.54) is 7.11 Å². The van der Waals surface area contributed by atoms with E-state index in [4.69, 9.17) is 9.47 Å². The maximum absolute atomic E-state index is 10.2. The molecule has 0 unspecified atom stereocenters. The van der Waals surface area contributed by atoms with Gasteiger partial charge in [0.2, 0.25) is 0 Å². The summed E-state index contributed by atoms with van der Waals surface area (Å²) in [5.41, 5.74) is 2.52. The Balaban J connectivity index is 1.91. The molecule has 126 valence electrons. The van der Waals surface area contributed by atoms with Crippen LogP contribution < -0.4 is 9.64 Å². The molecule has 0 saturated carbocycles. The van der Waals surface area contributed by atoms with Crippen molar-refractivity contribution in [2.75, 3.05) is 38.3 Å². The van der Waals surface area contributed by atoms with Crippen LogP contribution in [0.1, 0.15) is 5.56 Å². The van der Waals surface area contributed by atoms with Gasteiger partial charge in [-0.05, 0) is 24.3 Å². The molecule has 3 rings (SSSR count). The average molecular weight is 391 g/mol. The topological polar surface area (TPSA) is 54.3 Å². The van der Waals surface area contributed by atoms with E-state index in [9.17, 15) is 5.11 Å². The molecule has 0 spiro atoms. The van der Waals surface area contributed by atoms with Gasteiger partial charge in [-0.2, -0.15) is 0 Å². The van der Waals surface area contributed by atoms with Gasteiger partial charge in [0.1, 0.15) is 0 Å². The summed E-state index contributed by atoms with van der Waals surface area (Å²) in [5, 5.41) is 10.2. The van der Waals surface area contributed by atoms with E-state index in [0.717, 1.165) is 42.2 Å². The first-order valence-electron chi connectivity index (χ1n) is 7.71. The highest BCUT2D eigenvalue weighted by Gasteiger charge is 2.14. The van der Waals surface area contributed by atoms with Gasteiger partial charge >= 0.3 is 0 Å². The largest absolute Gasteiger partial charge is 0.504 e. The lowest BCUT2D eigenvalue weighted by atomic mass is 10.2. The zero-order chi connectivity index (χ0) is 16.9. The Hall–Kier alpha value is -2.05. The van der Waals surface area contributed by atoms with Gasteiger partial charge < -0.3 is 19.5 Å². The number of phenolic OH excluding ortho intramolecular Hbond substituents is 1. The van der Waals surface area contributed by atoms with E-state index in [1.807, 2.05) is 18.2 Å². The number of morpholine rings is 1. The Morgan fingerprint density at radius 1 is 1.25 bits per heavy atom. The minimum absolute atomic E-state index is 0.0771. The van der Waals surface area contributed by atoms with Gasteiger partial charge in [0, 0.05) is 29.3 Å². The molecule has 0 radical (unpaired) electrons. The predicted octanol–water partition coefficient (Wildman–Crippen LogP) is 3.75. The number of halogens is 1. The lowest BCUT2D eigenvalue weighted by molar-refractivity contribution is 0.123. The maximum Gasteiger partial charge on any atom is 0.166 e. The molecule has 6 heteroatoms. The minimum Gasteiger partial charge on any atom is -0.504 e. The summed E-state index contributed by atoms with van der Waals surface area (Å²) in [5.74, 6) is 0.487. The first-order valence-corrected chi connectivity index (χ1v) is 8.50. The van der Waals surface area contributed by atoms with E-state index in [-0.39, 0.29) is 5.75 Å². The van der Waals surface area contributed by atoms with E-state index < -0.39 is 0 Å². The van der Waals surface area contributed by atoms with Gasteiger partial charge in [-0.1, -0.05) is 28.1 Å². The minimum atomic E-state index is 0.0771. The lowest BCUT2D eigenvalue weighted by Gasteiger charge is -2.29. The van der Waals surface area contributed by atoms with E-state index in [1.54, 1.807) is 18.3 Å². The zero-order valence-corrected chi connectivity index (χ0v) is 15.0. The number of methoxy groups -OCH3 is 1. The summed E-state index contributed by atoms with van der Waals surface area (Å²) in [6.45, 7) is 3.15. The Labute approximate surface area is 149 Å². The van der Waals surface area contributed by atoms with Crippen molar-refractivity contribution in [1.82, 2.24) is 0 Å². The molecule has 2 aromatic carbocycles.